The Morgan fingerprint density at radius 3 is 2.72 bits per heavy atom. The summed E-state index contributed by atoms with van der Waals surface area (Å²) in [5.41, 5.74) is 0.548. The molecule has 0 aliphatic carbocycles. The summed E-state index contributed by atoms with van der Waals surface area (Å²) in [6.07, 6.45) is 6.28. The molecule has 9 heteroatoms. The monoisotopic (exact) mass is 395 g/mol. The smallest absolute Gasteiger partial charge is 0.278 e. The first-order chi connectivity index (χ1) is 14.2. The molecule has 0 spiro atoms. The molecule has 1 aliphatic rings. The van der Waals surface area contributed by atoms with Gasteiger partial charge in [0.05, 0.1) is 13.3 Å². The molecule has 4 rings (SSSR count). The van der Waals surface area contributed by atoms with E-state index in [0.29, 0.717) is 42.0 Å². The number of para-hydroxylation sites is 2. The zero-order chi connectivity index (χ0) is 20.1. The van der Waals surface area contributed by atoms with E-state index < -0.39 is 0 Å². The molecule has 0 radical (unpaired) electrons. The maximum Gasteiger partial charge on any atom is 0.278 e. The van der Waals surface area contributed by atoms with Crippen LogP contribution < -0.4 is 9.47 Å². The quantitative estimate of drug-likeness (QED) is 0.626. The maximum atomic E-state index is 12.5. The average molecular weight is 395 g/mol. The molecule has 0 N–H and O–H groups in total. The molecule has 0 unspecified atom stereocenters. The number of ether oxygens (including phenoxy) is 2. The van der Waals surface area contributed by atoms with Gasteiger partial charge in [0.1, 0.15) is 5.69 Å². The number of rotatable bonds is 6. The SMILES string of the molecule is COc1ccccc1OCC(=O)N1CCC(c2noc(-c3cnccn3)n2)CC1. The third kappa shape index (κ3) is 4.34. The van der Waals surface area contributed by atoms with Crippen molar-refractivity contribution in [2.24, 2.45) is 0 Å². The van der Waals surface area contributed by atoms with Crippen molar-refractivity contribution in [2.75, 3.05) is 26.8 Å². The van der Waals surface area contributed by atoms with E-state index in [2.05, 4.69) is 20.1 Å². The highest BCUT2D eigenvalue weighted by Crippen LogP contribution is 2.28. The minimum atomic E-state index is -0.0530. The van der Waals surface area contributed by atoms with Gasteiger partial charge < -0.3 is 18.9 Å². The molecular formula is C20H21N5O4. The number of benzene rings is 1. The van der Waals surface area contributed by atoms with Gasteiger partial charge in [-0.25, -0.2) is 4.98 Å². The number of methoxy groups -OCH3 is 1. The minimum absolute atomic E-state index is 0.0237. The summed E-state index contributed by atoms with van der Waals surface area (Å²) in [6.45, 7) is 1.21. The van der Waals surface area contributed by atoms with Crippen LogP contribution in [-0.4, -0.2) is 57.7 Å². The van der Waals surface area contributed by atoms with E-state index in [1.54, 1.807) is 42.7 Å². The van der Waals surface area contributed by atoms with Crippen LogP contribution in [-0.2, 0) is 4.79 Å². The molecule has 2 aromatic heterocycles. The van der Waals surface area contributed by atoms with Gasteiger partial charge in [-0.15, -0.1) is 0 Å². The largest absolute Gasteiger partial charge is 0.493 e. The first-order valence-corrected chi connectivity index (χ1v) is 9.38. The Labute approximate surface area is 167 Å². The van der Waals surface area contributed by atoms with Crippen molar-refractivity contribution in [1.29, 1.82) is 0 Å². The summed E-state index contributed by atoms with van der Waals surface area (Å²) in [5.74, 6) is 2.25. The topological polar surface area (TPSA) is 103 Å². The second kappa shape index (κ2) is 8.68. The summed E-state index contributed by atoms with van der Waals surface area (Å²) in [6, 6.07) is 7.27. The summed E-state index contributed by atoms with van der Waals surface area (Å²) < 4.78 is 16.2. The molecule has 1 aliphatic heterocycles. The first kappa shape index (κ1) is 18.9. The van der Waals surface area contributed by atoms with Crippen LogP contribution in [0.25, 0.3) is 11.6 Å². The van der Waals surface area contributed by atoms with Gasteiger partial charge in [-0.1, -0.05) is 17.3 Å². The van der Waals surface area contributed by atoms with Crippen molar-refractivity contribution in [3.05, 3.63) is 48.7 Å². The maximum absolute atomic E-state index is 12.5. The number of hydrogen-bond donors (Lipinski definition) is 0. The molecule has 150 valence electrons. The lowest BCUT2D eigenvalue weighted by Gasteiger charge is -2.30. The van der Waals surface area contributed by atoms with Crippen molar-refractivity contribution < 1.29 is 18.8 Å². The van der Waals surface area contributed by atoms with E-state index in [0.717, 1.165) is 12.8 Å². The van der Waals surface area contributed by atoms with Gasteiger partial charge in [0, 0.05) is 31.4 Å². The highest BCUT2D eigenvalue weighted by Gasteiger charge is 2.27. The Balaban J connectivity index is 1.30. The lowest BCUT2D eigenvalue weighted by Crippen LogP contribution is -2.40. The fourth-order valence-corrected chi connectivity index (χ4v) is 3.27. The Kier molecular flexibility index (Phi) is 5.64. The van der Waals surface area contributed by atoms with Gasteiger partial charge in [0.25, 0.3) is 11.8 Å². The molecule has 0 saturated carbocycles. The minimum Gasteiger partial charge on any atom is -0.493 e. The van der Waals surface area contributed by atoms with Crippen LogP contribution in [0.4, 0.5) is 0 Å². The molecule has 29 heavy (non-hydrogen) atoms. The van der Waals surface area contributed by atoms with E-state index in [1.807, 2.05) is 12.1 Å². The fraction of sp³-hybridized carbons (Fsp3) is 0.350. The second-order valence-corrected chi connectivity index (χ2v) is 6.64. The number of likely N-dealkylation sites (tertiary alicyclic amines) is 1. The first-order valence-electron chi connectivity index (χ1n) is 9.38. The molecule has 1 fully saturated rings. The highest BCUT2D eigenvalue weighted by atomic mass is 16.5. The molecule has 9 nitrogen and oxygen atoms in total. The molecule has 0 atom stereocenters. The predicted molar refractivity (Wildman–Crippen MR) is 102 cm³/mol. The van der Waals surface area contributed by atoms with Crippen LogP contribution in [0, 0.1) is 0 Å². The van der Waals surface area contributed by atoms with Crippen LogP contribution in [0.1, 0.15) is 24.6 Å². The van der Waals surface area contributed by atoms with Gasteiger partial charge >= 0.3 is 0 Å². The Morgan fingerprint density at radius 2 is 2.00 bits per heavy atom. The standard InChI is InChI=1S/C20H21N5O4/c1-27-16-4-2-3-5-17(16)28-13-18(26)25-10-6-14(7-11-25)19-23-20(29-24-19)15-12-21-8-9-22-15/h2-5,8-9,12,14H,6-7,10-11,13H2,1H3. The van der Waals surface area contributed by atoms with E-state index >= 15 is 0 Å². The van der Waals surface area contributed by atoms with Gasteiger partial charge in [-0.3, -0.25) is 9.78 Å². The molecular weight excluding hydrogens is 374 g/mol. The summed E-state index contributed by atoms with van der Waals surface area (Å²) in [5, 5.41) is 4.09. The molecule has 3 aromatic rings. The van der Waals surface area contributed by atoms with Crippen molar-refractivity contribution in [2.45, 2.75) is 18.8 Å². The average Bonchev–Trinajstić information content (AvgIpc) is 3.29. The van der Waals surface area contributed by atoms with Crippen LogP contribution in [0.3, 0.4) is 0 Å². The zero-order valence-electron chi connectivity index (χ0n) is 16.0. The third-order valence-corrected chi connectivity index (χ3v) is 4.86. The van der Waals surface area contributed by atoms with Crippen molar-refractivity contribution >= 4 is 5.91 Å². The van der Waals surface area contributed by atoms with Gasteiger partial charge in [0.2, 0.25) is 0 Å². The van der Waals surface area contributed by atoms with Crippen LogP contribution in [0.2, 0.25) is 0 Å². The Morgan fingerprint density at radius 1 is 1.21 bits per heavy atom. The van der Waals surface area contributed by atoms with Gasteiger partial charge in [0.15, 0.2) is 23.9 Å². The van der Waals surface area contributed by atoms with E-state index in [1.165, 1.54) is 0 Å². The van der Waals surface area contributed by atoms with Gasteiger partial charge in [-0.05, 0) is 25.0 Å². The molecule has 0 bridgehead atoms. The number of carbonyl (C=O) groups excluding carboxylic acids is 1. The van der Waals surface area contributed by atoms with Crippen molar-refractivity contribution in [1.82, 2.24) is 25.0 Å². The number of hydrogen-bond acceptors (Lipinski definition) is 8. The highest BCUT2D eigenvalue weighted by molar-refractivity contribution is 5.78. The molecule has 3 heterocycles. The van der Waals surface area contributed by atoms with Crippen LogP contribution in [0.15, 0.2) is 47.4 Å². The number of carbonyl (C=O) groups is 1. The molecule has 1 aromatic carbocycles. The van der Waals surface area contributed by atoms with Crippen LogP contribution >= 0.6 is 0 Å². The number of amides is 1. The lowest BCUT2D eigenvalue weighted by molar-refractivity contribution is -0.134. The predicted octanol–water partition coefficient (Wildman–Crippen LogP) is 2.32. The Hall–Kier alpha value is -3.49. The van der Waals surface area contributed by atoms with E-state index in [9.17, 15) is 4.79 Å². The fourth-order valence-electron chi connectivity index (χ4n) is 3.27. The summed E-state index contributed by atoms with van der Waals surface area (Å²) in [7, 11) is 1.57. The number of aromatic nitrogens is 4. The number of nitrogens with zero attached hydrogens (tertiary/aromatic N) is 5. The summed E-state index contributed by atoms with van der Waals surface area (Å²) >= 11 is 0. The van der Waals surface area contributed by atoms with E-state index in [4.69, 9.17) is 14.0 Å². The lowest BCUT2D eigenvalue weighted by atomic mass is 9.96. The van der Waals surface area contributed by atoms with Crippen molar-refractivity contribution in [3.8, 4) is 23.1 Å². The zero-order valence-corrected chi connectivity index (χ0v) is 16.0. The van der Waals surface area contributed by atoms with Gasteiger partial charge in [-0.2, -0.15) is 4.98 Å². The van der Waals surface area contributed by atoms with Crippen molar-refractivity contribution in [3.63, 3.8) is 0 Å². The summed E-state index contributed by atoms with van der Waals surface area (Å²) in [4.78, 5) is 26.9. The Bertz CT molecular complexity index is 954. The molecule has 1 amide bonds. The molecule has 1 saturated heterocycles. The normalized spacial score (nSPS) is 14.6. The van der Waals surface area contributed by atoms with E-state index in [-0.39, 0.29) is 18.4 Å². The third-order valence-electron chi connectivity index (χ3n) is 4.86. The number of piperidine rings is 1. The second-order valence-electron chi connectivity index (χ2n) is 6.64. The van der Waals surface area contributed by atoms with Crippen LogP contribution in [0.5, 0.6) is 11.5 Å².